The Balaban J connectivity index is 1.92. The Morgan fingerprint density at radius 3 is 2.40 bits per heavy atom. The van der Waals surface area contributed by atoms with Gasteiger partial charge in [-0.2, -0.15) is 5.10 Å². The van der Waals surface area contributed by atoms with Crippen LogP contribution in [0.1, 0.15) is 23.7 Å². The normalized spacial score (nSPS) is 11.1. The predicted molar refractivity (Wildman–Crippen MR) is 102 cm³/mol. The van der Waals surface area contributed by atoms with E-state index in [4.69, 9.17) is 34.8 Å². The van der Waals surface area contributed by atoms with Crippen LogP contribution >= 0.6 is 34.8 Å². The lowest BCUT2D eigenvalue weighted by atomic mass is 10.2. The maximum Gasteiger partial charge on any atom is 0.272 e. The van der Waals surface area contributed by atoms with E-state index in [0.29, 0.717) is 32.0 Å². The van der Waals surface area contributed by atoms with Crippen LogP contribution in [0.2, 0.25) is 15.1 Å². The lowest BCUT2D eigenvalue weighted by Crippen LogP contribution is -2.21. The molecule has 0 bridgehead atoms. The number of nitrogens with zero attached hydrogens (tertiary/aromatic N) is 1. The Bertz CT molecular complexity index is 838. The summed E-state index contributed by atoms with van der Waals surface area (Å²) in [6.07, 6.45) is 0.00302. The van der Waals surface area contributed by atoms with Crippen LogP contribution < -0.4 is 10.7 Å². The van der Waals surface area contributed by atoms with Gasteiger partial charge in [-0.05, 0) is 37.3 Å². The molecular formula is C17H14Cl3N3O2. The first-order valence-electron chi connectivity index (χ1n) is 7.19. The molecule has 0 spiro atoms. The predicted octanol–water partition coefficient (Wildman–Crippen LogP) is 4.78. The largest absolute Gasteiger partial charge is 0.326 e. The quantitative estimate of drug-likeness (QED) is 0.562. The van der Waals surface area contributed by atoms with E-state index in [1.807, 2.05) is 0 Å². The number of hydrogen-bond donors (Lipinski definition) is 2. The molecule has 8 heteroatoms. The van der Waals surface area contributed by atoms with Crippen LogP contribution in [0.5, 0.6) is 0 Å². The van der Waals surface area contributed by atoms with Crippen molar-refractivity contribution in [1.82, 2.24) is 5.43 Å². The molecule has 0 aliphatic rings. The second-order valence-corrected chi connectivity index (χ2v) is 6.34. The summed E-state index contributed by atoms with van der Waals surface area (Å²) in [5.41, 5.74) is 3.63. The summed E-state index contributed by atoms with van der Waals surface area (Å²) in [4.78, 5) is 24.0. The van der Waals surface area contributed by atoms with Crippen molar-refractivity contribution < 1.29 is 9.59 Å². The summed E-state index contributed by atoms with van der Waals surface area (Å²) in [6.45, 7) is 1.63. The molecule has 2 amide bonds. The highest BCUT2D eigenvalue weighted by molar-refractivity contribution is 6.42. The molecule has 0 unspecified atom stereocenters. The molecule has 5 nitrogen and oxygen atoms in total. The van der Waals surface area contributed by atoms with Crippen molar-refractivity contribution in [3.05, 3.63) is 63.1 Å². The number of carbonyl (C=O) groups excluding carboxylic acids is 2. The fourth-order valence-corrected chi connectivity index (χ4v) is 2.42. The van der Waals surface area contributed by atoms with Crippen molar-refractivity contribution in [2.75, 3.05) is 5.32 Å². The van der Waals surface area contributed by atoms with E-state index < -0.39 is 5.91 Å². The minimum atomic E-state index is -0.449. The van der Waals surface area contributed by atoms with Crippen LogP contribution in [-0.2, 0) is 4.79 Å². The molecule has 0 saturated carbocycles. The van der Waals surface area contributed by atoms with Crippen molar-refractivity contribution in [1.29, 1.82) is 0 Å². The van der Waals surface area contributed by atoms with E-state index in [9.17, 15) is 9.59 Å². The number of carbonyl (C=O) groups is 2. The molecule has 0 fully saturated rings. The number of nitrogens with one attached hydrogen (secondary N) is 2. The van der Waals surface area contributed by atoms with Crippen molar-refractivity contribution in [2.24, 2.45) is 5.10 Å². The van der Waals surface area contributed by atoms with Crippen LogP contribution in [0.3, 0.4) is 0 Å². The SMILES string of the molecule is C/C(CC(=O)Nc1ccc(Cl)c(Cl)c1)=N\NC(=O)c1ccccc1Cl. The van der Waals surface area contributed by atoms with E-state index in [-0.39, 0.29) is 12.3 Å². The summed E-state index contributed by atoms with van der Waals surface area (Å²) >= 11 is 17.7. The Hall–Kier alpha value is -2.08. The highest BCUT2D eigenvalue weighted by Crippen LogP contribution is 2.25. The van der Waals surface area contributed by atoms with Crippen LogP contribution in [0, 0.1) is 0 Å². The van der Waals surface area contributed by atoms with Gasteiger partial charge in [0.1, 0.15) is 0 Å². The molecule has 0 aromatic heterocycles. The molecule has 130 valence electrons. The number of halogens is 3. The molecule has 25 heavy (non-hydrogen) atoms. The maximum absolute atomic E-state index is 12.0. The number of amides is 2. The fraction of sp³-hybridized carbons (Fsp3) is 0.118. The first-order valence-corrected chi connectivity index (χ1v) is 8.33. The van der Waals surface area contributed by atoms with Gasteiger partial charge in [0, 0.05) is 11.4 Å². The topological polar surface area (TPSA) is 70.6 Å². The average Bonchev–Trinajstić information content (AvgIpc) is 2.56. The molecular weight excluding hydrogens is 385 g/mol. The summed E-state index contributed by atoms with van der Waals surface area (Å²) in [6, 6.07) is 11.4. The number of rotatable bonds is 5. The van der Waals surface area contributed by atoms with Crippen LogP contribution in [0.4, 0.5) is 5.69 Å². The van der Waals surface area contributed by atoms with Crippen LogP contribution in [-0.4, -0.2) is 17.5 Å². The second kappa shape index (κ2) is 8.85. The Morgan fingerprint density at radius 2 is 1.72 bits per heavy atom. The van der Waals surface area contributed by atoms with Crippen LogP contribution in [0.15, 0.2) is 47.6 Å². The third-order valence-electron chi connectivity index (χ3n) is 3.09. The third kappa shape index (κ3) is 5.74. The van der Waals surface area contributed by atoms with Crippen molar-refractivity contribution in [3.63, 3.8) is 0 Å². The van der Waals surface area contributed by atoms with Gasteiger partial charge < -0.3 is 5.32 Å². The molecule has 2 aromatic rings. The Morgan fingerprint density at radius 1 is 1.00 bits per heavy atom. The van der Waals surface area contributed by atoms with Crippen molar-refractivity contribution >= 4 is 58.0 Å². The van der Waals surface area contributed by atoms with Crippen molar-refractivity contribution in [2.45, 2.75) is 13.3 Å². The second-order valence-electron chi connectivity index (χ2n) is 5.12. The molecule has 0 heterocycles. The van der Waals surface area contributed by atoms with Gasteiger partial charge in [-0.15, -0.1) is 0 Å². The van der Waals surface area contributed by atoms with Gasteiger partial charge in [0.15, 0.2) is 0 Å². The summed E-state index contributed by atoms with van der Waals surface area (Å²) < 4.78 is 0. The standard InChI is InChI=1S/C17H14Cl3N3O2/c1-10(22-23-17(25)12-4-2-3-5-13(12)18)8-16(24)21-11-6-7-14(19)15(20)9-11/h2-7,9H,8H2,1H3,(H,21,24)(H,23,25)/b22-10+. The lowest BCUT2D eigenvalue weighted by Gasteiger charge is -2.07. The molecule has 0 atom stereocenters. The first-order chi connectivity index (χ1) is 11.9. The van der Waals surface area contributed by atoms with Gasteiger partial charge in [0.25, 0.3) is 5.91 Å². The molecule has 0 aliphatic heterocycles. The molecule has 0 radical (unpaired) electrons. The highest BCUT2D eigenvalue weighted by atomic mass is 35.5. The maximum atomic E-state index is 12.0. The van der Waals surface area contributed by atoms with E-state index >= 15 is 0 Å². The summed E-state index contributed by atoms with van der Waals surface area (Å²) in [5.74, 6) is -0.749. The van der Waals surface area contributed by atoms with Gasteiger partial charge >= 0.3 is 0 Å². The average molecular weight is 399 g/mol. The van der Waals surface area contributed by atoms with E-state index in [2.05, 4.69) is 15.8 Å². The van der Waals surface area contributed by atoms with E-state index in [0.717, 1.165) is 0 Å². The van der Waals surface area contributed by atoms with Crippen molar-refractivity contribution in [3.8, 4) is 0 Å². The monoisotopic (exact) mass is 397 g/mol. The Kier molecular flexibility index (Phi) is 6.82. The van der Waals surface area contributed by atoms with Gasteiger partial charge in [-0.1, -0.05) is 46.9 Å². The summed E-state index contributed by atoms with van der Waals surface area (Å²) in [5, 5.41) is 7.65. The van der Waals surface area contributed by atoms with E-state index in [1.54, 1.807) is 49.4 Å². The first kappa shape index (κ1) is 19.2. The van der Waals surface area contributed by atoms with Gasteiger partial charge in [0.05, 0.1) is 27.1 Å². The fourth-order valence-electron chi connectivity index (χ4n) is 1.90. The Labute approximate surface area is 160 Å². The number of anilines is 1. The number of benzene rings is 2. The van der Waals surface area contributed by atoms with Gasteiger partial charge in [-0.25, -0.2) is 5.43 Å². The minimum Gasteiger partial charge on any atom is -0.326 e. The molecule has 2 N–H and O–H groups in total. The minimum absolute atomic E-state index is 0.00302. The summed E-state index contributed by atoms with van der Waals surface area (Å²) in [7, 11) is 0. The number of hydrazone groups is 1. The van der Waals surface area contributed by atoms with Crippen LogP contribution in [0.25, 0.3) is 0 Å². The number of hydrogen-bond acceptors (Lipinski definition) is 3. The smallest absolute Gasteiger partial charge is 0.272 e. The zero-order valence-corrected chi connectivity index (χ0v) is 15.4. The molecule has 2 rings (SSSR count). The zero-order valence-electron chi connectivity index (χ0n) is 13.1. The molecule has 2 aromatic carbocycles. The third-order valence-corrected chi connectivity index (χ3v) is 4.16. The van der Waals surface area contributed by atoms with Gasteiger partial charge in [0.2, 0.25) is 5.91 Å². The van der Waals surface area contributed by atoms with E-state index in [1.165, 1.54) is 0 Å². The molecule has 0 saturated heterocycles. The van der Waals surface area contributed by atoms with Gasteiger partial charge in [-0.3, -0.25) is 9.59 Å². The lowest BCUT2D eigenvalue weighted by molar-refractivity contribution is -0.115. The highest BCUT2D eigenvalue weighted by Gasteiger charge is 2.10. The molecule has 0 aliphatic carbocycles. The zero-order chi connectivity index (χ0) is 18.4.